The SMILES string of the molecule is CN(C)CC(C)(C)CCC(=O)C1CCCCC1.O=C(O)/C=C\C(=O)O. The minimum atomic E-state index is -1.26. The van der Waals surface area contributed by atoms with Crippen molar-refractivity contribution in [3.8, 4) is 0 Å². The summed E-state index contributed by atoms with van der Waals surface area (Å²) in [5.74, 6) is -1.60. The summed E-state index contributed by atoms with van der Waals surface area (Å²) in [6.07, 6.45) is 9.07. The van der Waals surface area contributed by atoms with E-state index < -0.39 is 11.9 Å². The lowest BCUT2D eigenvalue weighted by atomic mass is 9.81. The molecule has 1 aliphatic carbocycles. The van der Waals surface area contributed by atoms with E-state index in [-0.39, 0.29) is 5.41 Å². The van der Waals surface area contributed by atoms with E-state index in [1.165, 1.54) is 19.3 Å². The molecule has 25 heavy (non-hydrogen) atoms. The summed E-state index contributed by atoms with van der Waals surface area (Å²) < 4.78 is 0. The van der Waals surface area contributed by atoms with Gasteiger partial charge >= 0.3 is 11.9 Å². The van der Waals surface area contributed by atoms with Gasteiger partial charge < -0.3 is 15.1 Å². The molecular weight excluding hydrogens is 322 g/mol. The van der Waals surface area contributed by atoms with Crippen LogP contribution in [-0.4, -0.2) is 53.5 Å². The van der Waals surface area contributed by atoms with Gasteiger partial charge in [-0.25, -0.2) is 9.59 Å². The number of hydrogen-bond donors (Lipinski definition) is 2. The number of Topliss-reactive ketones (excluding diaryl/α,β-unsaturated/α-hetero) is 1. The average molecular weight is 355 g/mol. The van der Waals surface area contributed by atoms with Crippen molar-refractivity contribution >= 4 is 17.7 Å². The maximum absolute atomic E-state index is 12.1. The predicted octanol–water partition coefficient (Wildman–Crippen LogP) is 3.22. The highest BCUT2D eigenvalue weighted by Crippen LogP contribution is 2.29. The van der Waals surface area contributed by atoms with Crippen LogP contribution in [0.15, 0.2) is 12.2 Å². The Kier molecular flexibility index (Phi) is 11.0. The molecule has 1 aliphatic rings. The molecule has 0 aromatic carbocycles. The van der Waals surface area contributed by atoms with Crippen molar-refractivity contribution in [3.63, 3.8) is 0 Å². The van der Waals surface area contributed by atoms with Crippen LogP contribution < -0.4 is 0 Å². The molecule has 0 aromatic heterocycles. The average Bonchev–Trinajstić information content (AvgIpc) is 2.51. The molecule has 0 amide bonds. The molecule has 2 N–H and O–H groups in total. The van der Waals surface area contributed by atoms with E-state index in [4.69, 9.17) is 10.2 Å². The van der Waals surface area contributed by atoms with Gasteiger partial charge in [-0.05, 0) is 38.8 Å². The van der Waals surface area contributed by atoms with Crippen LogP contribution in [0, 0.1) is 11.3 Å². The Labute approximate surface area is 150 Å². The van der Waals surface area contributed by atoms with Crippen LogP contribution in [-0.2, 0) is 14.4 Å². The van der Waals surface area contributed by atoms with Crippen LogP contribution in [0.25, 0.3) is 0 Å². The number of hydrogen-bond acceptors (Lipinski definition) is 4. The molecule has 0 aliphatic heterocycles. The number of ketones is 1. The third kappa shape index (κ3) is 13.3. The van der Waals surface area contributed by atoms with Crippen molar-refractivity contribution in [1.29, 1.82) is 0 Å². The number of nitrogens with zero attached hydrogens (tertiary/aromatic N) is 1. The van der Waals surface area contributed by atoms with Gasteiger partial charge in [-0.15, -0.1) is 0 Å². The molecule has 0 aromatic rings. The number of rotatable bonds is 8. The first kappa shape index (κ1) is 23.3. The lowest BCUT2D eigenvalue weighted by Gasteiger charge is -2.29. The normalized spacial score (nSPS) is 15.7. The highest BCUT2D eigenvalue weighted by atomic mass is 16.4. The van der Waals surface area contributed by atoms with Gasteiger partial charge in [0.15, 0.2) is 0 Å². The molecule has 6 nitrogen and oxygen atoms in total. The first-order valence-corrected chi connectivity index (χ1v) is 8.85. The molecule has 1 saturated carbocycles. The summed E-state index contributed by atoms with van der Waals surface area (Å²) in [5.41, 5.74) is 0.258. The number of carboxylic acids is 2. The lowest BCUT2D eigenvalue weighted by molar-refractivity contribution is -0.134. The van der Waals surface area contributed by atoms with E-state index in [1.54, 1.807) is 0 Å². The molecule has 0 heterocycles. The second-order valence-corrected chi connectivity index (χ2v) is 7.71. The van der Waals surface area contributed by atoms with Gasteiger partial charge in [0.05, 0.1) is 0 Å². The maximum Gasteiger partial charge on any atom is 0.328 e. The summed E-state index contributed by atoms with van der Waals surface area (Å²) >= 11 is 0. The Bertz CT molecular complexity index is 446. The zero-order valence-corrected chi connectivity index (χ0v) is 16.0. The van der Waals surface area contributed by atoms with Gasteiger partial charge in [-0.3, -0.25) is 4.79 Å². The second kappa shape index (κ2) is 11.8. The smallest absolute Gasteiger partial charge is 0.328 e. The van der Waals surface area contributed by atoms with Gasteiger partial charge in [-0.2, -0.15) is 0 Å². The Morgan fingerprint density at radius 2 is 1.48 bits per heavy atom. The van der Waals surface area contributed by atoms with Crippen molar-refractivity contribution in [1.82, 2.24) is 4.90 Å². The zero-order valence-electron chi connectivity index (χ0n) is 16.0. The molecule has 144 valence electrons. The van der Waals surface area contributed by atoms with Gasteiger partial charge in [0, 0.05) is 31.0 Å². The molecule has 0 atom stereocenters. The van der Waals surface area contributed by atoms with Crippen molar-refractivity contribution in [2.45, 2.75) is 58.8 Å². The van der Waals surface area contributed by atoms with Crippen LogP contribution in [0.2, 0.25) is 0 Å². The van der Waals surface area contributed by atoms with Crippen LogP contribution in [0.5, 0.6) is 0 Å². The summed E-state index contributed by atoms with van der Waals surface area (Å²) in [5, 5.41) is 15.6. The molecule has 1 fully saturated rings. The minimum Gasteiger partial charge on any atom is -0.478 e. The van der Waals surface area contributed by atoms with Crippen LogP contribution in [0.1, 0.15) is 58.8 Å². The van der Waals surface area contributed by atoms with E-state index in [9.17, 15) is 14.4 Å². The zero-order chi connectivity index (χ0) is 19.5. The minimum absolute atomic E-state index is 0.258. The first-order chi connectivity index (χ1) is 11.5. The summed E-state index contributed by atoms with van der Waals surface area (Å²) in [6.45, 7) is 5.59. The summed E-state index contributed by atoms with van der Waals surface area (Å²) in [7, 11) is 4.20. The predicted molar refractivity (Wildman–Crippen MR) is 97.6 cm³/mol. The third-order valence-electron chi connectivity index (χ3n) is 4.22. The molecule has 0 saturated heterocycles. The van der Waals surface area contributed by atoms with Crippen LogP contribution in [0.4, 0.5) is 0 Å². The lowest BCUT2D eigenvalue weighted by Crippen LogP contribution is -2.30. The van der Waals surface area contributed by atoms with E-state index in [2.05, 4.69) is 32.8 Å². The largest absolute Gasteiger partial charge is 0.478 e. The molecule has 0 spiro atoms. The molecule has 6 heteroatoms. The van der Waals surface area contributed by atoms with Crippen molar-refractivity contribution < 1.29 is 24.6 Å². The van der Waals surface area contributed by atoms with Gasteiger partial charge in [0.1, 0.15) is 5.78 Å². The number of aliphatic carboxylic acids is 2. The monoisotopic (exact) mass is 355 g/mol. The van der Waals surface area contributed by atoms with E-state index in [1.807, 2.05) is 0 Å². The fourth-order valence-corrected chi connectivity index (χ4v) is 3.17. The molecular formula is C19H33NO5. The van der Waals surface area contributed by atoms with Crippen LogP contribution in [0.3, 0.4) is 0 Å². The summed E-state index contributed by atoms with van der Waals surface area (Å²) in [4.78, 5) is 33.4. The van der Waals surface area contributed by atoms with Gasteiger partial charge in [-0.1, -0.05) is 33.1 Å². The Morgan fingerprint density at radius 1 is 1.00 bits per heavy atom. The summed E-state index contributed by atoms with van der Waals surface area (Å²) in [6, 6.07) is 0. The van der Waals surface area contributed by atoms with Gasteiger partial charge in [0.25, 0.3) is 0 Å². The molecule has 0 radical (unpaired) electrons. The van der Waals surface area contributed by atoms with Crippen molar-refractivity contribution in [2.75, 3.05) is 20.6 Å². The fourth-order valence-electron chi connectivity index (χ4n) is 3.17. The standard InChI is InChI=1S/C15H29NO.C4H4O4/c1-15(2,12-16(3)4)11-10-14(17)13-8-6-5-7-9-13;5-3(6)1-2-4(7)8/h13H,5-12H2,1-4H3;1-2H,(H,5,6)(H,7,8)/b;2-1-. The number of carboxylic acid groups (broad SMARTS) is 2. The fraction of sp³-hybridized carbons (Fsp3) is 0.737. The molecule has 0 unspecified atom stereocenters. The van der Waals surface area contributed by atoms with E-state index in [0.29, 0.717) is 23.9 Å². The topological polar surface area (TPSA) is 94.9 Å². The molecule has 0 bridgehead atoms. The number of carbonyl (C=O) groups excluding carboxylic acids is 1. The Balaban J connectivity index is 0.000000609. The highest BCUT2D eigenvalue weighted by molar-refractivity contribution is 5.89. The van der Waals surface area contributed by atoms with E-state index in [0.717, 1.165) is 32.2 Å². The quantitative estimate of drug-likeness (QED) is 0.649. The Morgan fingerprint density at radius 3 is 1.88 bits per heavy atom. The van der Waals surface area contributed by atoms with Crippen LogP contribution >= 0.6 is 0 Å². The van der Waals surface area contributed by atoms with Crippen molar-refractivity contribution in [2.24, 2.45) is 11.3 Å². The first-order valence-electron chi connectivity index (χ1n) is 8.85. The highest BCUT2D eigenvalue weighted by Gasteiger charge is 2.24. The third-order valence-corrected chi connectivity index (χ3v) is 4.22. The second-order valence-electron chi connectivity index (χ2n) is 7.71. The van der Waals surface area contributed by atoms with Gasteiger partial charge in [0.2, 0.25) is 0 Å². The van der Waals surface area contributed by atoms with Crippen molar-refractivity contribution in [3.05, 3.63) is 12.2 Å². The number of carbonyl (C=O) groups is 3. The van der Waals surface area contributed by atoms with E-state index >= 15 is 0 Å². The molecule has 1 rings (SSSR count). The Hall–Kier alpha value is -1.69. The maximum atomic E-state index is 12.1.